The summed E-state index contributed by atoms with van der Waals surface area (Å²) in [6.07, 6.45) is 12.2. The third-order valence-electron chi connectivity index (χ3n) is 2.55. The summed E-state index contributed by atoms with van der Waals surface area (Å²) in [6, 6.07) is 8.89. The summed E-state index contributed by atoms with van der Waals surface area (Å²) >= 11 is 0. The molecule has 1 rings (SSSR count). The van der Waals surface area contributed by atoms with E-state index in [0.717, 1.165) is 6.42 Å². The molecule has 0 fully saturated rings. The second-order valence-electron chi connectivity index (χ2n) is 3.94. The van der Waals surface area contributed by atoms with Gasteiger partial charge >= 0.3 is 0 Å². The Kier molecular flexibility index (Phi) is 6.09. The van der Waals surface area contributed by atoms with E-state index in [1.165, 1.54) is 30.4 Å². The Labute approximate surface area is 98.7 Å². The lowest BCUT2D eigenvalue weighted by atomic mass is 10.0. The van der Waals surface area contributed by atoms with Crippen molar-refractivity contribution in [3.05, 3.63) is 59.8 Å². The monoisotopic (exact) mass is 215 g/mol. The number of benzene rings is 1. The van der Waals surface area contributed by atoms with E-state index >= 15 is 0 Å². The molecule has 1 heteroatoms. The largest absolute Gasteiger partial charge is 0.405 e. The van der Waals surface area contributed by atoms with Crippen LogP contribution < -0.4 is 5.73 Å². The molecular formula is C15H21N. The van der Waals surface area contributed by atoms with Gasteiger partial charge in [-0.3, -0.25) is 0 Å². The van der Waals surface area contributed by atoms with Gasteiger partial charge in [-0.05, 0) is 42.7 Å². The highest BCUT2D eigenvalue weighted by molar-refractivity contribution is 5.24. The molecular weight excluding hydrogens is 194 g/mol. The van der Waals surface area contributed by atoms with Crippen LogP contribution >= 0.6 is 0 Å². The lowest BCUT2D eigenvalue weighted by Gasteiger charge is -2.01. The van der Waals surface area contributed by atoms with Crippen LogP contribution in [0, 0.1) is 0 Å². The van der Waals surface area contributed by atoms with E-state index in [9.17, 15) is 0 Å². The first kappa shape index (κ1) is 12.6. The summed E-state index contributed by atoms with van der Waals surface area (Å²) in [6.45, 7) is 2.23. The maximum Gasteiger partial charge on any atom is -0.00625 e. The van der Waals surface area contributed by atoms with Gasteiger partial charge < -0.3 is 5.73 Å². The quantitative estimate of drug-likeness (QED) is 0.721. The minimum absolute atomic E-state index is 0.971. The van der Waals surface area contributed by atoms with Gasteiger partial charge in [-0.1, -0.05) is 49.8 Å². The summed E-state index contributed by atoms with van der Waals surface area (Å²) in [5.41, 5.74) is 8.03. The highest BCUT2D eigenvalue weighted by Crippen LogP contribution is 2.08. The number of rotatable bonds is 6. The van der Waals surface area contributed by atoms with E-state index in [-0.39, 0.29) is 0 Å². The molecule has 0 aliphatic rings. The van der Waals surface area contributed by atoms with Crippen molar-refractivity contribution < 1.29 is 0 Å². The summed E-state index contributed by atoms with van der Waals surface area (Å²) < 4.78 is 0. The molecule has 1 aromatic carbocycles. The molecule has 0 unspecified atom stereocenters. The van der Waals surface area contributed by atoms with E-state index in [0.29, 0.717) is 0 Å². The molecule has 0 aliphatic carbocycles. The fourth-order valence-corrected chi connectivity index (χ4v) is 1.57. The van der Waals surface area contributed by atoms with E-state index in [4.69, 9.17) is 5.73 Å². The van der Waals surface area contributed by atoms with Crippen molar-refractivity contribution in [1.29, 1.82) is 0 Å². The van der Waals surface area contributed by atoms with Crippen LogP contribution in [0.5, 0.6) is 0 Å². The molecule has 1 aromatic rings. The second kappa shape index (κ2) is 7.75. The van der Waals surface area contributed by atoms with Crippen LogP contribution in [0.2, 0.25) is 0 Å². The third-order valence-corrected chi connectivity index (χ3v) is 2.55. The first-order valence-corrected chi connectivity index (χ1v) is 5.98. The van der Waals surface area contributed by atoms with Crippen molar-refractivity contribution in [2.75, 3.05) is 0 Å². The fourth-order valence-electron chi connectivity index (χ4n) is 1.57. The molecule has 0 atom stereocenters. The van der Waals surface area contributed by atoms with Gasteiger partial charge in [0.15, 0.2) is 0 Å². The van der Waals surface area contributed by atoms with E-state index in [1.54, 1.807) is 6.20 Å². The van der Waals surface area contributed by atoms with Crippen LogP contribution in [0.3, 0.4) is 0 Å². The molecule has 0 aromatic heterocycles. The molecule has 0 heterocycles. The lowest BCUT2D eigenvalue weighted by Crippen LogP contribution is -1.86. The van der Waals surface area contributed by atoms with Crippen molar-refractivity contribution in [3.63, 3.8) is 0 Å². The first-order chi connectivity index (χ1) is 7.86. The average molecular weight is 215 g/mol. The fraction of sp³-hybridized carbons (Fsp3) is 0.333. The predicted molar refractivity (Wildman–Crippen MR) is 71.2 cm³/mol. The number of hydrogen-bond donors (Lipinski definition) is 1. The number of aryl methyl sites for hydroxylation is 1. The van der Waals surface area contributed by atoms with Crippen molar-refractivity contribution in [1.82, 2.24) is 0 Å². The zero-order valence-electron chi connectivity index (χ0n) is 10.0. The van der Waals surface area contributed by atoms with Gasteiger partial charge in [0.05, 0.1) is 0 Å². The average Bonchev–Trinajstić information content (AvgIpc) is 2.33. The highest BCUT2D eigenvalue weighted by Gasteiger charge is 1.93. The van der Waals surface area contributed by atoms with Crippen LogP contribution in [-0.2, 0) is 12.8 Å². The van der Waals surface area contributed by atoms with Gasteiger partial charge in [-0.25, -0.2) is 0 Å². The third kappa shape index (κ3) is 4.83. The summed E-state index contributed by atoms with van der Waals surface area (Å²) in [7, 11) is 0. The molecule has 0 radical (unpaired) electrons. The molecule has 0 spiro atoms. The lowest BCUT2D eigenvalue weighted by molar-refractivity contribution is 0.795. The Morgan fingerprint density at radius 2 is 1.75 bits per heavy atom. The predicted octanol–water partition coefficient (Wildman–Crippen LogP) is 3.60. The van der Waals surface area contributed by atoms with E-state index < -0.39 is 0 Å². The Hall–Kier alpha value is -1.50. The van der Waals surface area contributed by atoms with E-state index in [2.05, 4.69) is 37.3 Å². The molecule has 1 nitrogen and oxygen atoms in total. The molecule has 0 amide bonds. The minimum Gasteiger partial charge on any atom is -0.405 e. The van der Waals surface area contributed by atoms with Crippen molar-refractivity contribution >= 4 is 0 Å². The van der Waals surface area contributed by atoms with E-state index in [1.807, 2.05) is 12.2 Å². The molecule has 0 saturated heterocycles. The number of hydrogen-bond acceptors (Lipinski definition) is 1. The summed E-state index contributed by atoms with van der Waals surface area (Å²) in [5.74, 6) is 0. The van der Waals surface area contributed by atoms with Crippen LogP contribution in [0.1, 0.15) is 30.9 Å². The Morgan fingerprint density at radius 3 is 2.38 bits per heavy atom. The molecule has 86 valence electrons. The maximum absolute atomic E-state index is 5.24. The zero-order chi connectivity index (χ0) is 11.6. The van der Waals surface area contributed by atoms with Gasteiger partial charge in [-0.2, -0.15) is 0 Å². The van der Waals surface area contributed by atoms with Crippen LogP contribution in [0.15, 0.2) is 48.7 Å². The van der Waals surface area contributed by atoms with Crippen LogP contribution in [0.4, 0.5) is 0 Å². The number of unbranched alkanes of at least 4 members (excludes halogenated alkanes) is 1. The Morgan fingerprint density at radius 1 is 1.06 bits per heavy atom. The molecule has 0 aliphatic heterocycles. The first-order valence-electron chi connectivity index (χ1n) is 5.98. The SMILES string of the molecule is CCCCc1ccc(C/C=C\C=C/N)cc1. The van der Waals surface area contributed by atoms with Crippen molar-refractivity contribution in [2.24, 2.45) is 5.73 Å². The normalized spacial score (nSPS) is 11.6. The molecule has 16 heavy (non-hydrogen) atoms. The number of allylic oxidation sites excluding steroid dienone is 3. The van der Waals surface area contributed by atoms with Gasteiger partial charge in [0.1, 0.15) is 0 Å². The minimum atomic E-state index is 0.971. The summed E-state index contributed by atoms with van der Waals surface area (Å²) in [5, 5.41) is 0. The Balaban J connectivity index is 2.44. The van der Waals surface area contributed by atoms with Crippen molar-refractivity contribution in [3.8, 4) is 0 Å². The maximum atomic E-state index is 5.24. The summed E-state index contributed by atoms with van der Waals surface area (Å²) in [4.78, 5) is 0. The second-order valence-corrected chi connectivity index (χ2v) is 3.94. The van der Waals surface area contributed by atoms with Crippen LogP contribution in [-0.4, -0.2) is 0 Å². The Bertz CT molecular complexity index is 333. The zero-order valence-corrected chi connectivity index (χ0v) is 10.0. The van der Waals surface area contributed by atoms with Gasteiger partial charge in [0.25, 0.3) is 0 Å². The standard InChI is InChI=1S/C15H21N/c1-2-3-7-14-9-11-15(12-10-14)8-5-4-6-13-16/h4-6,9-13H,2-3,7-8,16H2,1H3/b5-4-,13-6-. The van der Waals surface area contributed by atoms with Gasteiger partial charge in [0, 0.05) is 0 Å². The van der Waals surface area contributed by atoms with Crippen LogP contribution in [0.25, 0.3) is 0 Å². The highest BCUT2D eigenvalue weighted by atomic mass is 14.5. The molecule has 2 N–H and O–H groups in total. The molecule has 0 bridgehead atoms. The van der Waals surface area contributed by atoms with Gasteiger partial charge in [0.2, 0.25) is 0 Å². The smallest absolute Gasteiger partial charge is 0.00625 e. The van der Waals surface area contributed by atoms with Gasteiger partial charge in [-0.15, -0.1) is 0 Å². The molecule has 0 saturated carbocycles. The number of nitrogens with two attached hydrogens (primary N) is 1. The van der Waals surface area contributed by atoms with Crippen molar-refractivity contribution in [2.45, 2.75) is 32.6 Å². The topological polar surface area (TPSA) is 26.0 Å².